The Morgan fingerprint density at radius 3 is 2.61 bits per heavy atom. The molecule has 0 heterocycles. The van der Waals surface area contributed by atoms with Crippen LogP contribution in [-0.4, -0.2) is 6.04 Å². The molecule has 0 saturated heterocycles. The van der Waals surface area contributed by atoms with E-state index in [-0.39, 0.29) is 11.5 Å². The average molecular weight is 331 g/mol. The van der Waals surface area contributed by atoms with E-state index in [2.05, 4.69) is 28.9 Å². The first-order valence-corrected chi connectivity index (χ1v) is 7.88. The van der Waals surface area contributed by atoms with Crippen LogP contribution in [0.15, 0.2) is 22.7 Å². The van der Waals surface area contributed by atoms with Crippen LogP contribution in [0.4, 0.5) is 0 Å². The van der Waals surface area contributed by atoms with Crippen molar-refractivity contribution in [3.8, 4) is 0 Å². The first kappa shape index (κ1) is 14.4. The summed E-state index contributed by atoms with van der Waals surface area (Å²) in [6.45, 7) is 2.34. The maximum Gasteiger partial charge on any atom is 0.0449 e. The Kier molecular flexibility index (Phi) is 4.74. The summed E-state index contributed by atoms with van der Waals surface area (Å²) in [5, 5.41) is 0.819. The molecule has 1 aliphatic carbocycles. The zero-order valence-corrected chi connectivity index (χ0v) is 13.2. The highest BCUT2D eigenvalue weighted by Gasteiger charge is 2.33. The molecule has 0 aliphatic heterocycles. The molecule has 0 amide bonds. The van der Waals surface area contributed by atoms with E-state index in [1.165, 1.54) is 37.7 Å². The van der Waals surface area contributed by atoms with E-state index in [1.54, 1.807) is 0 Å². The van der Waals surface area contributed by atoms with E-state index < -0.39 is 0 Å². The molecule has 1 saturated carbocycles. The fraction of sp³-hybridized carbons (Fsp3) is 0.600. The van der Waals surface area contributed by atoms with Crippen LogP contribution in [0.25, 0.3) is 0 Å². The molecule has 1 fully saturated rings. The van der Waals surface area contributed by atoms with Gasteiger partial charge in [-0.2, -0.15) is 0 Å². The summed E-state index contributed by atoms with van der Waals surface area (Å²) in [4.78, 5) is 0. The van der Waals surface area contributed by atoms with Crippen molar-refractivity contribution in [3.05, 3.63) is 33.3 Å². The third-order valence-corrected chi connectivity index (χ3v) is 5.19. The predicted octanol–water partition coefficient (Wildman–Crippen LogP) is 4.94. The second-order valence-electron chi connectivity index (χ2n) is 5.76. The van der Waals surface area contributed by atoms with Gasteiger partial charge in [0, 0.05) is 15.5 Å². The van der Waals surface area contributed by atoms with Gasteiger partial charge >= 0.3 is 0 Å². The maximum absolute atomic E-state index is 6.45. The van der Waals surface area contributed by atoms with E-state index in [1.807, 2.05) is 12.1 Å². The van der Waals surface area contributed by atoms with Crippen LogP contribution in [0.2, 0.25) is 5.02 Å². The number of nitrogens with two attached hydrogens (primary N) is 1. The van der Waals surface area contributed by atoms with Crippen LogP contribution >= 0.6 is 27.5 Å². The van der Waals surface area contributed by atoms with Crippen molar-refractivity contribution in [1.82, 2.24) is 0 Å². The van der Waals surface area contributed by atoms with Gasteiger partial charge in [-0.15, -0.1) is 0 Å². The van der Waals surface area contributed by atoms with Gasteiger partial charge in [0.1, 0.15) is 0 Å². The lowest BCUT2D eigenvalue weighted by Crippen LogP contribution is -2.42. The Balaban J connectivity index is 2.08. The van der Waals surface area contributed by atoms with Crippen molar-refractivity contribution in [1.29, 1.82) is 0 Å². The van der Waals surface area contributed by atoms with E-state index in [0.29, 0.717) is 0 Å². The molecule has 1 aromatic rings. The van der Waals surface area contributed by atoms with Gasteiger partial charge in [0.25, 0.3) is 0 Å². The lowest BCUT2D eigenvalue weighted by atomic mass is 9.69. The summed E-state index contributed by atoms with van der Waals surface area (Å²) in [6.07, 6.45) is 7.38. The second-order valence-corrected chi connectivity index (χ2v) is 7.08. The second kappa shape index (κ2) is 5.94. The Labute approximate surface area is 123 Å². The number of halogens is 2. The monoisotopic (exact) mass is 329 g/mol. The molecule has 1 nitrogen and oxygen atoms in total. The zero-order valence-electron chi connectivity index (χ0n) is 10.9. The summed E-state index contributed by atoms with van der Waals surface area (Å²) < 4.78 is 1.02. The molecule has 2 N–H and O–H groups in total. The number of rotatable bonds is 3. The van der Waals surface area contributed by atoms with Crippen LogP contribution in [-0.2, 0) is 6.42 Å². The van der Waals surface area contributed by atoms with Crippen LogP contribution in [0.1, 0.15) is 44.6 Å². The zero-order chi connectivity index (χ0) is 13.2. The standard InChI is InChI=1S/C15H21BrClN/c1-15(7-3-2-4-8-15)14(18)9-11-5-6-12(16)10-13(11)17/h5-6,10,14H,2-4,7-9,18H2,1H3. The molecule has 0 spiro atoms. The van der Waals surface area contributed by atoms with Gasteiger partial charge in [-0.1, -0.05) is 59.8 Å². The van der Waals surface area contributed by atoms with Gasteiger partial charge in [-0.25, -0.2) is 0 Å². The maximum atomic E-state index is 6.45. The Bertz CT molecular complexity index is 413. The van der Waals surface area contributed by atoms with Crippen molar-refractivity contribution >= 4 is 27.5 Å². The van der Waals surface area contributed by atoms with Gasteiger partial charge in [0.15, 0.2) is 0 Å². The normalized spacial score (nSPS) is 20.7. The van der Waals surface area contributed by atoms with Crippen molar-refractivity contribution in [2.75, 3.05) is 0 Å². The Morgan fingerprint density at radius 2 is 2.00 bits per heavy atom. The fourth-order valence-corrected chi connectivity index (χ4v) is 3.65. The smallest absolute Gasteiger partial charge is 0.0449 e. The van der Waals surface area contributed by atoms with Crippen LogP contribution < -0.4 is 5.73 Å². The number of benzene rings is 1. The molecule has 1 aromatic carbocycles. The topological polar surface area (TPSA) is 26.0 Å². The minimum atomic E-state index is 0.205. The molecular formula is C15H21BrClN. The van der Waals surface area contributed by atoms with Gasteiger partial charge in [-0.05, 0) is 42.4 Å². The van der Waals surface area contributed by atoms with Crippen molar-refractivity contribution < 1.29 is 0 Å². The molecule has 0 radical (unpaired) electrons. The molecule has 18 heavy (non-hydrogen) atoms. The van der Waals surface area contributed by atoms with E-state index in [4.69, 9.17) is 17.3 Å². The minimum absolute atomic E-state index is 0.205. The van der Waals surface area contributed by atoms with Crippen LogP contribution in [0.5, 0.6) is 0 Å². The molecule has 0 aromatic heterocycles. The first-order chi connectivity index (χ1) is 8.51. The highest BCUT2D eigenvalue weighted by Crippen LogP contribution is 2.39. The predicted molar refractivity (Wildman–Crippen MR) is 82.0 cm³/mol. The summed E-state index contributed by atoms with van der Waals surface area (Å²) in [6, 6.07) is 6.28. The molecule has 1 unspecified atom stereocenters. The minimum Gasteiger partial charge on any atom is -0.327 e. The molecule has 1 aliphatic rings. The Morgan fingerprint density at radius 1 is 1.33 bits per heavy atom. The molecule has 2 rings (SSSR count). The Hall–Kier alpha value is -0.0500. The highest BCUT2D eigenvalue weighted by molar-refractivity contribution is 9.10. The van der Waals surface area contributed by atoms with Gasteiger partial charge in [0.2, 0.25) is 0 Å². The molecule has 0 bridgehead atoms. The molecule has 100 valence electrons. The number of hydrogen-bond acceptors (Lipinski definition) is 1. The summed E-state index contributed by atoms with van der Waals surface area (Å²) in [7, 11) is 0. The van der Waals surface area contributed by atoms with Crippen molar-refractivity contribution in [2.24, 2.45) is 11.1 Å². The lowest BCUT2D eigenvalue weighted by molar-refractivity contribution is 0.169. The lowest BCUT2D eigenvalue weighted by Gasteiger charge is -2.39. The SMILES string of the molecule is CC1(C(N)Cc2ccc(Br)cc2Cl)CCCCC1. The summed E-state index contributed by atoms with van der Waals surface area (Å²) in [5.41, 5.74) is 7.90. The van der Waals surface area contributed by atoms with Crippen molar-refractivity contribution in [2.45, 2.75) is 51.5 Å². The van der Waals surface area contributed by atoms with Crippen LogP contribution in [0.3, 0.4) is 0 Å². The van der Waals surface area contributed by atoms with E-state index in [0.717, 1.165) is 15.9 Å². The van der Waals surface area contributed by atoms with Gasteiger partial charge < -0.3 is 5.73 Å². The largest absolute Gasteiger partial charge is 0.327 e. The fourth-order valence-electron chi connectivity index (χ4n) is 2.90. The molecule has 3 heteroatoms. The quantitative estimate of drug-likeness (QED) is 0.834. The third-order valence-electron chi connectivity index (χ3n) is 4.35. The average Bonchev–Trinajstić information content (AvgIpc) is 2.33. The summed E-state index contributed by atoms with van der Waals surface area (Å²) in [5.74, 6) is 0. The van der Waals surface area contributed by atoms with Gasteiger partial charge in [0.05, 0.1) is 0 Å². The first-order valence-electron chi connectivity index (χ1n) is 6.71. The molecular weight excluding hydrogens is 310 g/mol. The van der Waals surface area contributed by atoms with E-state index >= 15 is 0 Å². The highest BCUT2D eigenvalue weighted by atomic mass is 79.9. The number of hydrogen-bond donors (Lipinski definition) is 1. The van der Waals surface area contributed by atoms with Crippen molar-refractivity contribution in [3.63, 3.8) is 0 Å². The molecule has 1 atom stereocenters. The summed E-state index contributed by atoms with van der Waals surface area (Å²) >= 11 is 9.71. The van der Waals surface area contributed by atoms with Crippen LogP contribution in [0, 0.1) is 5.41 Å². The van der Waals surface area contributed by atoms with Gasteiger partial charge in [-0.3, -0.25) is 0 Å². The van der Waals surface area contributed by atoms with E-state index in [9.17, 15) is 0 Å². The third kappa shape index (κ3) is 3.28.